The van der Waals surface area contributed by atoms with Gasteiger partial charge in [-0.2, -0.15) is 0 Å². The molecule has 5 fully saturated rings. The van der Waals surface area contributed by atoms with Gasteiger partial charge in [-0.15, -0.1) is 0 Å². The number of fused-ring (bicyclic) bond motifs is 2. The Hall–Kier alpha value is 0. The molecule has 286 valence electrons. The summed E-state index contributed by atoms with van der Waals surface area (Å²) in [5.41, 5.74) is 0. The highest BCUT2D eigenvalue weighted by atomic mass is 14.5. The van der Waals surface area contributed by atoms with Gasteiger partial charge in [0.2, 0.25) is 0 Å². The zero-order valence-corrected chi connectivity index (χ0v) is 34.6. The molecule has 0 aliphatic heterocycles. The summed E-state index contributed by atoms with van der Waals surface area (Å²) in [7, 11) is 0. The van der Waals surface area contributed by atoms with Crippen molar-refractivity contribution in [2.45, 2.75) is 228 Å². The van der Waals surface area contributed by atoms with Crippen LogP contribution in [-0.2, 0) is 0 Å². The van der Waals surface area contributed by atoms with Crippen LogP contribution in [0, 0.1) is 82.9 Å². The van der Waals surface area contributed by atoms with Gasteiger partial charge in [0.1, 0.15) is 0 Å². The van der Waals surface area contributed by atoms with E-state index in [1.165, 1.54) is 109 Å². The molecule has 0 nitrogen and oxygen atoms in total. The fourth-order valence-electron chi connectivity index (χ4n) is 14.9. The maximum Gasteiger partial charge on any atom is -0.0326 e. The fraction of sp³-hybridized carbons (Fsp3) is 1.00. The largest absolute Gasteiger partial charge is 0.0654 e. The first-order valence-corrected chi connectivity index (χ1v) is 24.0. The van der Waals surface area contributed by atoms with Crippen LogP contribution in [0.2, 0.25) is 0 Å². The molecule has 0 aromatic carbocycles. The van der Waals surface area contributed by atoms with Crippen LogP contribution in [-0.4, -0.2) is 0 Å². The summed E-state index contributed by atoms with van der Waals surface area (Å²) in [6, 6.07) is 0. The summed E-state index contributed by atoms with van der Waals surface area (Å²) >= 11 is 0. The Labute approximate surface area is 309 Å². The lowest BCUT2D eigenvalue weighted by atomic mass is 9.52. The van der Waals surface area contributed by atoms with E-state index in [9.17, 15) is 0 Å². The van der Waals surface area contributed by atoms with Gasteiger partial charge in [-0.25, -0.2) is 0 Å². The summed E-state index contributed by atoms with van der Waals surface area (Å²) in [5.74, 6) is 14.1. The molecule has 5 rings (SSSR count). The quantitative estimate of drug-likeness (QED) is 0.127. The van der Waals surface area contributed by atoms with Gasteiger partial charge in [-0.3, -0.25) is 0 Å². The lowest BCUT2D eigenvalue weighted by Gasteiger charge is -2.53. The zero-order valence-electron chi connectivity index (χ0n) is 34.6. The molecule has 0 aromatic heterocycles. The standard InChI is InChI=1S/C49H90/c1-7-10-30-48(46-34-20-28-40-27-15-16-31-44(40)46)49-37(5)23-19-29-42(45-32-17-18-33-47(45)49)35-41(21-8-2)38(6)43(9-3)36(4)22-11-12-24-39-25-13-14-26-39/h36-49H,7-35H2,1-6H3. The van der Waals surface area contributed by atoms with Crippen LogP contribution in [0.15, 0.2) is 0 Å². The van der Waals surface area contributed by atoms with E-state index in [1.54, 1.807) is 77.0 Å². The molecule has 5 aliphatic carbocycles. The first kappa shape index (κ1) is 40.2. The van der Waals surface area contributed by atoms with Crippen molar-refractivity contribution in [2.24, 2.45) is 82.9 Å². The van der Waals surface area contributed by atoms with Crippen LogP contribution >= 0.6 is 0 Å². The molecule has 0 spiro atoms. The van der Waals surface area contributed by atoms with Gasteiger partial charge in [0.05, 0.1) is 0 Å². The highest BCUT2D eigenvalue weighted by Gasteiger charge is 2.48. The Balaban J connectivity index is 1.30. The van der Waals surface area contributed by atoms with Gasteiger partial charge in [-0.1, -0.05) is 189 Å². The lowest BCUT2D eigenvalue weighted by molar-refractivity contribution is -0.0410. The van der Waals surface area contributed by atoms with Gasteiger partial charge in [-0.05, 0) is 121 Å². The van der Waals surface area contributed by atoms with Crippen molar-refractivity contribution in [3.05, 3.63) is 0 Å². The summed E-state index contributed by atoms with van der Waals surface area (Å²) < 4.78 is 0. The number of rotatable bonds is 18. The number of hydrogen-bond acceptors (Lipinski definition) is 0. The van der Waals surface area contributed by atoms with E-state index in [0.717, 1.165) is 82.9 Å². The average Bonchev–Trinajstić information content (AvgIpc) is 3.64. The molecular formula is C49H90. The molecule has 0 amide bonds. The van der Waals surface area contributed by atoms with Crippen molar-refractivity contribution < 1.29 is 0 Å². The van der Waals surface area contributed by atoms with Crippen LogP contribution in [0.25, 0.3) is 0 Å². The minimum atomic E-state index is 0.903. The van der Waals surface area contributed by atoms with Gasteiger partial charge in [0.15, 0.2) is 0 Å². The predicted octanol–water partition coefficient (Wildman–Crippen LogP) is 16.1. The van der Waals surface area contributed by atoms with Crippen molar-refractivity contribution >= 4 is 0 Å². The topological polar surface area (TPSA) is 0 Å². The van der Waals surface area contributed by atoms with Crippen LogP contribution in [0.3, 0.4) is 0 Å². The van der Waals surface area contributed by atoms with Crippen molar-refractivity contribution in [1.82, 2.24) is 0 Å². The lowest BCUT2D eigenvalue weighted by Crippen LogP contribution is -2.45. The summed E-state index contributed by atoms with van der Waals surface area (Å²) in [5, 5.41) is 0. The second kappa shape index (κ2) is 21.0. The maximum absolute atomic E-state index is 2.78. The Morgan fingerprint density at radius 2 is 1.24 bits per heavy atom. The monoisotopic (exact) mass is 679 g/mol. The van der Waals surface area contributed by atoms with E-state index in [1.807, 2.05) is 0 Å². The molecule has 0 saturated heterocycles. The van der Waals surface area contributed by atoms with Crippen molar-refractivity contribution in [3.8, 4) is 0 Å². The van der Waals surface area contributed by atoms with E-state index >= 15 is 0 Å². The summed E-state index contributed by atoms with van der Waals surface area (Å²) in [4.78, 5) is 0. The SMILES string of the molecule is CCCCC(C1CCCC2CCCCC21)C1C(C)CCCC(CC(CCC)C(C)C(CC)C(C)CCCCC2CCCC2)C2CCCCC21. The summed E-state index contributed by atoms with van der Waals surface area (Å²) in [6.45, 7) is 15.7. The molecule has 49 heavy (non-hydrogen) atoms. The second-order valence-electron chi connectivity index (χ2n) is 20.1. The Kier molecular flexibility index (Phi) is 17.3. The molecule has 0 bridgehead atoms. The maximum atomic E-state index is 2.78. The van der Waals surface area contributed by atoms with Crippen LogP contribution in [0.4, 0.5) is 0 Å². The van der Waals surface area contributed by atoms with E-state index in [0.29, 0.717) is 0 Å². The first-order valence-electron chi connectivity index (χ1n) is 24.0. The van der Waals surface area contributed by atoms with Crippen LogP contribution in [0.5, 0.6) is 0 Å². The molecule has 13 unspecified atom stereocenters. The highest BCUT2D eigenvalue weighted by molar-refractivity contribution is 4.97. The molecule has 0 heterocycles. The van der Waals surface area contributed by atoms with Crippen molar-refractivity contribution in [2.75, 3.05) is 0 Å². The third-order valence-electron chi connectivity index (χ3n) is 17.3. The average molecular weight is 679 g/mol. The molecule has 13 atom stereocenters. The van der Waals surface area contributed by atoms with Crippen LogP contribution in [0.1, 0.15) is 228 Å². The smallest absolute Gasteiger partial charge is 0.0326 e. The molecule has 0 N–H and O–H groups in total. The normalized spacial score (nSPS) is 36.1. The summed E-state index contributed by atoms with van der Waals surface area (Å²) in [6.07, 6.45) is 44.3. The number of unbranched alkanes of at least 4 members (excludes halogenated alkanes) is 2. The molecule has 5 aliphatic rings. The Morgan fingerprint density at radius 3 is 1.98 bits per heavy atom. The molecular weight excluding hydrogens is 589 g/mol. The number of hydrogen-bond donors (Lipinski definition) is 0. The third-order valence-corrected chi connectivity index (χ3v) is 17.3. The van der Waals surface area contributed by atoms with E-state index in [-0.39, 0.29) is 0 Å². The molecule has 5 saturated carbocycles. The Morgan fingerprint density at radius 1 is 0.571 bits per heavy atom. The fourth-order valence-corrected chi connectivity index (χ4v) is 14.9. The molecule has 0 heteroatoms. The van der Waals surface area contributed by atoms with E-state index in [4.69, 9.17) is 0 Å². The predicted molar refractivity (Wildman–Crippen MR) is 217 cm³/mol. The van der Waals surface area contributed by atoms with Crippen molar-refractivity contribution in [3.63, 3.8) is 0 Å². The molecule has 0 radical (unpaired) electrons. The third kappa shape index (κ3) is 10.8. The minimum Gasteiger partial charge on any atom is -0.0654 e. The van der Waals surface area contributed by atoms with Gasteiger partial charge < -0.3 is 0 Å². The minimum absolute atomic E-state index is 0.903. The van der Waals surface area contributed by atoms with Gasteiger partial charge in [0.25, 0.3) is 0 Å². The Bertz CT molecular complexity index is 865. The van der Waals surface area contributed by atoms with Gasteiger partial charge >= 0.3 is 0 Å². The first-order chi connectivity index (χ1) is 24.0. The van der Waals surface area contributed by atoms with Crippen molar-refractivity contribution in [1.29, 1.82) is 0 Å². The second-order valence-corrected chi connectivity index (χ2v) is 20.1. The van der Waals surface area contributed by atoms with Crippen LogP contribution < -0.4 is 0 Å². The highest BCUT2D eigenvalue weighted by Crippen LogP contribution is 2.57. The van der Waals surface area contributed by atoms with E-state index in [2.05, 4.69) is 41.5 Å². The van der Waals surface area contributed by atoms with E-state index < -0.39 is 0 Å². The zero-order chi connectivity index (χ0) is 34.6. The van der Waals surface area contributed by atoms with Gasteiger partial charge in [0, 0.05) is 0 Å². The molecule has 0 aromatic rings.